The molecule has 0 fully saturated rings. The smallest absolute Gasteiger partial charge is 0.312 e. The highest BCUT2D eigenvalue weighted by Gasteiger charge is 2.20. The van der Waals surface area contributed by atoms with E-state index >= 15 is 0 Å². The number of aryl methyl sites for hydroxylation is 1. The van der Waals surface area contributed by atoms with Gasteiger partial charge in [0.15, 0.2) is 0 Å². The average molecular weight is 283 g/mol. The molecule has 1 aromatic heterocycles. The minimum atomic E-state index is -0.960. The SMILES string of the molecule is Cc1ccc(CN(Cc2ccccc2)C(=O)C(N)=O)nc1. The summed E-state index contributed by atoms with van der Waals surface area (Å²) in [5.41, 5.74) is 7.80. The molecule has 21 heavy (non-hydrogen) atoms. The first-order valence-electron chi connectivity index (χ1n) is 6.60. The van der Waals surface area contributed by atoms with Gasteiger partial charge in [0.1, 0.15) is 0 Å². The fourth-order valence-corrected chi connectivity index (χ4v) is 1.95. The Bertz CT molecular complexity index is 624. The Morgan fingerprint density at radius 1 is 1.10 bits per heavy atom. The molecule has 0 radical (unpaired) electrons. The number of aromatic nitrogens is 1. The van der Waals surface area contributed by atoms with E-state index in [1.165, 1.54) is 4.90 Å². The number of carbonyl (C=O) groups excluding carboxylic acids is 2. The van der Waals surface area contributed by atoms with Crippen molar-refractivity contribution >= 4 is 11.8 Å². The molecule has 5 heteroatoms. The summed E-state index contributed by atoms with van der Waals surface area (Å²) >= 11 is 0. The Hall–Kier alpha value is -2.69. The maximum Gasteiger partial charge on any atom is 0.312 e. The maximum atomic E-state index is 11.9. The zero-order valence-electron chi connectivity index (χ0n) is 11.8. The number of carbonyl (C=O) groups is 2. The van der Waals surface area contributed by atoms with E-state index in [2.05, 4.69) is 4.98 Å². The minimum Gasteiger partial charge on any atom is -0.361 e. The second-order valence-electron chi connectivity index (χ2n) is 4.84. The van der Waals surface area contributed by atoms with Crippen molar-refractivity contribution < 1.29 is 9.59 Å². The molecule has 5 nitrogen and oxygen atoms in total. The summed E-state index contributed by atoms with van der Waals surface area (Å²) in [7, 11) is 0. The second kappa shape index (κ2) is 6.65. The molecule has 2 amide bonds. The zero-order valence-corrected chi connectivity index (χ0v) is 11.8. The van der Waals surface area contributed by atoms with Crippen LogP contribution in [-0.4, -0.2) is 21.7 Å². The molecular formula is C16H17N3O2. The van der Waals surface area contributed by atoms with E-state index < -0.39 is 11.8 Å². The molecule has 2 N–H and O–H groups in total. The fraction of sp³-hybridized carbons (Fsp3) is 0.188. The predicted molar refractivity (Wildman–Crippen MR) is 78.9 cm³/mol. The van der Waals surface area contributed by atoms with Crippen molar-refractivity contribution in [2.24, 2.45) is 5.73 Å². The van der Waals surface area contributed by atoms with Crippen LogP contribution in [0, 0.1) is 6.92 Å². The molecular weight excluding hydrogens is 266 g/mol. The zero-order chi connectivity index (χ0) is 15.2. The molecule has 0 aliphatic carbocycles. The summed E-state index contributed by atoms with van der Waals surface area (Å²) in [5.74, 6) is -1.67. The highest BCUT2D eigenvalue weighted by molar-refractivity contribution is 6.34. The lowest BCUT2D eigenvalue weighted by Crippen LogP contribution is -2.39. The molecule has 1 aromatic carbocycles. The Morgan fingerprint density at radius 3 is 2.38 bits per heavy atom. The summed E-state index contributed by atoms with van der Waals surface area (Å²) in [6.07, 6.45) is 1.73. The Morgan fingerprint density at radius 2 is 1.81 bits per heavy atom. The second-order valence-corrected chi connectivity index (χ2v) is 4.84. The molecule has 0 saturated heterocycles. The third-order valence-corrected chi connectivity index (χ3v) is 3.04. The highest BCUT2D eigenvalue weighted by Crippen LogP contribution is 2.09. The van der Waals surface area contributed by atoms with Crippen LogP contribution in [0.5, 0.6) is 0 Å². The summed E-state index contributed by atoms with van der Waals surface area (Å²) in [5, 5.41) is 0. The first-order valence-corrected chi connectivity index (χ1v) is 6.60. The van der Waals surface area contributed by atoms with E-state index in [0.717, 1.165) is 11.1 Å². The van der Waals surface area contributed by atoms with Crippen molar-refractivity contribution in [1.82, 2.24) is 9.88 Å². The van der Waals surface area contributed by atoms with Crippen LogP contribution < -0.4 is 5.73 Å². The third kappa shape index (κ3) is 4.14. The van der Waals surface area contributed by atoms with Crippen molar-refractivity contribution in [3.05, 3.63) is 65.5 Å². The standard InChI is InChI=1S/C16H17N3O2/c1-12-7-8-14(18-9-12)11-19(16(21)15(17)20)10-13-5-3-2-4-6-13/h2-9H,10-11H2,1H3,(H2,17,20). The monoisotopic (exact) mass is 283 g/mol. The molecule has 0 bridgehead atoms. The summed E-state index contributed by atoms with van der Waals surface area (Å²) in [6, 6.07) is 13.2. The van der Waals surface area contributed by atoms with Crippen molar-refractivity contribution in [3.63, 3.8) is 0 Å². The molecule has 0 saturated carbocycles. The summed E-state index contributed by atoms with van der Waals surface area (Å²) in [4.78, 5) is 28.8. The van der Waals surface area contributed by atoms with Crippen LogP contribution in [0.15, 0.2) is 48.7 Å². The number of nitrogens with two attached hydrogens (primary N) is 1. The van der Waals surface area contributed by atoms with Gasteiger partial charge in [0.2, 0.25) is 0 Å². The van der Waals surface area contributed by atoms with E-state index in [0.29, 0.717) is 12.2 Å². The molecule has 2 rings (SSSR count). The van der Waals surface area contributed by atoms with Crippen LogP contribution in [0.2, 0.25) is 0 Å². The van der Waals surface area contributed by atoms with Gasteiger partial charge in [0, 0.05) is 12.7 Å². The van der Waals surface area contributed by atoms with Gasteiger partial charge in [-0.2, -0.15) is 0 Å². The molecule has 0 atom stereocenters. The van der Waals surface area contributed by atoms with Crippen molar-refractivity contribution in [1.29, 1.82) is 0 Å². The van der Waals surface area contributed by atoms with Crippen LogP contribution in [0.3, 0.4) is 0 Å². The lowest BCUT2D eigenvalue weighted by Gasteiger charge is -2.21. The van der Waals surface area contributed by atoms with E-state index in [9.17, 15) is 9.59 Å². The van der Waals surface area contributed by atoms with Crippen molar-refractivity contribution in [3.8, 4) is 0 Å². The molecule has 1 heterocycles. The van der Waals surface area contributed by atoms with E-state index in [4.69, 9.17) is 5.73 Å². The number of pyridine rings is 1. The molecule has 0 unspecified atom stereocenters. The van der Waals surface area contributed by atoms with E-state index in [1.807, 2.05) is 49.4 Å². The minimum absolute atomic E-state index is 0.247. The van der Waals surface area contributed by atoms with Gasteiger partial charge >= 0.3 is 11.8 Å². The first-order chi connectivity index (χ1) is 10.1. The fourth-order valence-electron chi connectivity index (χ4n) is 1.95. The van der Waals surface area contributed by atoms with Crippen LogP contribution in [-0.2, 0) is 22.7 Å². The van der Waals surface area contributed by atoms with Gasteiger partial charge in [0.05, 0.1) is 12.2 Å². The van der Waals surface area contributed by atoms with Gasteiger partial charge in [-0.25, -0.2) is 0 Å². The quantitative estimate of drug-likeness (QED) is 0.862. The third-order valence-electron chi connectivity index (χ3n) is 3.04. The number of hydrogen-bond acceptors (Lipinski definition) is 3. The van der Waals surface area contributed by atoms with Crippen LogP contribution in [0.1, 0.15) is 16.8 Å². The lowest BCUT2D eigenvalue weighted by atomic mass is 10.2. The Labute approximate surface area is 123 Å². The number of hydrogen-bond donors (Lipinski definition) is 1. The predicted octanol–water partition coefficient (Wildman–Crippen LogP) is 1.40. The van der Waals surface area contributed by atoms with Crippen LogP contribution in [0.4, 0.5) is 0 Å². The molecule has 0 spiro atoms. The Balaban J connectivity index is 2.18. The van der Waals surface area contributed by atoms with Crippen molar-refractivity contribution in [2.75, 3.05) is 0 Å². The van der Waals surface area contributed by atoms with Gasteiger partial charge in [-0.05, 0) is 24.1 Å². The Kier molecular flexibility index (Phi) is 4.66. The maximum absolute atomic E-state index is 11.9. The van der Waals surface area contributed by atoms with Gasteiger partial charge in [-0.1, -0.05) is 36.4 Å². The lowest BCUT2D eigenvalue weighted by molar-refractivity contribution is -0.145. The number of benzene rings is 1. The molecule has 108 valence electrons. The van der Waals surface area contributed by atoms with Gasteiger partial charge < -0.3 is 10.6 Å². The molecule has 0 aliphatic rings. The first kappa shape index (κ1) is 14.7. The van der Waals surface area contributed by atoms with Gasteiger partial charge in [-0.3, -0.25) is 14.6 Å². The van der Waals surface area contributed by atoms with Crippen molar-refractivity contribution in [2.45, 2.75) is 20.0 Å². The number of primary amides is 1. The average Bonchev–Trinajstić information content (AvgIpc) is 2.49. The van der Waals surface area contributed by atoms with Gasteiger partial charge in [0.25, 0.3) is 0 Å². The molecule has 0 aliphatic heterocycles. The van der Waals surface area contributed by atoms with E-state index in [-0.39, 0.29) is 6.54 Å². The van der Waals surface area contributed by atoms with Gasteiger partial charge in [-0.15, -0.1) is 0 Å². The van der Waals surface area contributed by atoms with E-state index in [1.54, 1.807) is 6.20 Å². The normalized spacial score (nSPS) is 10.1. The number of nitrogens with zero attached hydrogens (tertiary/aromatic N) is 2. The van der Waals surface area contributed by atoms with Crippen LogP contribution in [0.25, 0.3) is 0 Å². The highest BCUT2D eigenvalue weighted by atomic mass is 16.2. The topological polar surface area (TPSA) is 76.3 Å². The molecule has 2 aromatic rings. The van der Waals surface area contributed by atoms with Crippen LogP contribution >= 0.6 is 0 Å². The number of rotatable bonds is 4. The largest absolute Gasteiger partial charge is 0.361 e. The number of amides is 2. The summed E-state index contributed by atoms with van der Waals surface area (Å²) < 4.78 is 0. The summed E-state index contributed by atoms with van der Waals surface area (Å²) in [6.45, 7) is 2.50.